The van der Waals surface area contributed by atoms with E-state index in [4.69, 9.17) is 23.2 Å². The van der Waals surface area contributed by atoms with Crippen molar-refractivity contribution < 1.29 is 8.42 Å². The first kappa shape index (κ1) is 19.4. The van der Waals surface area contributed by atoms with Gasteiger partial charge in [0.2, 0.25) is 10.0 Å². The number of piperidine rings is 2. The Morgan fingerprint density at radius 2 is 1.60 bits per heavy atom. The van der Waals surface area contributed by atoms with Gasteiger partial charge in [0.15, 0.2) is 0 Å². The average Bonchev–Trinajstić information content (AvgIpc) is 2.54. The van der Waals surface area contributed by atoms with Crippen LogP contribution < -0.4 is 0 Å². The van der Waals surface area contributed by atoms with Gasteiger partial charge in [0, 0.05) is 24.2 Å². The summed E-state index contributed by atoms with van der Waals surface area (Å²) in [5.41, 5.74) is 0.602. The van der Waals surface area contributed by atoms with E-state index in [9.17, 15) is 8.42 Å². The van der Waals surface area contributed by atoms with Crippen LogP contribution in [-0.4, -0.2) is 49.8 Å². The van der Waals surface area contributed by atoms with E-state index < -0.39 is 10.0 Å². The smallest absolute Gasteiger partial charge is 0.244 e. The van der Waals surface area contributed by atoms with Crippen LogP contribution in [0, 0.1) is 12.8 Å². The molecule has 0 unspecified atom stereocenters. The molecule has 0 bridgehead atoms. The van der Waals surface area contributed by atoms with E-state index >= 15 is 0 Å². The van der Waals surface area contributed by atoms with Crippen LogP contribution in [0.25, 0.3) is 0 Å². The Kier molecular flexibility index (Phi) is 6.01. The topological polar surface area (TPSA) is 40.6 Å². The van der Waals surface area contributed by atoms with E-state index in [0.29, 0.717) is 29.7 Å². The maximum atomic E-state index is 13.1. The van der Waals surface area contributed by atoms with Crippen molar-refractivity contribution in [3.05, 3.63) is 27.7 Å². The summed E-state index contributed by atoms with van der Waals surface area (Å²) in [6.45, 7) is 7.44. The minimum atomic E-state index is -3.58. The van der Waals surface area contributed by atoms with Crippen LogP contribution in [0.15, 0.2) is 17.0 Å². The van der Waals surface area contributed by atoms with Gasteiger partial charge in [0.1, 0.15) is 4.90 Å². The van der Waals surface area contributed by atoms with Crippen LogP contribution in [0.4, 0.5) is 0 Å². The molecular formula is C18H26Cl2N2O2S. The Hall–Kier alpha value is -0.330. The van der Waals surface area contributed by atoms with E-state index in [2.05, 4.69) is 11.8 Å². The summed E-state index contributed by atoms with van der Waals surface area (Å²) in [6.07, 6.45) is 4.27. The van der Waals surface area contributed by atoms with Crippen LogP contribution in [0.5, 0.6) is 0 Å². The molecule has 2 aliphatic heterocycles. The monoisotopic (exact) mass is 404 g/mol. The lowest BCUT2D eigenvalue weighted by atomic mass is 9.95. The molecule has 0 saturated carbocycles. The first-order valence-electron chi connectivity index (χ1n) is 8.99. The summed E-state index contributed by atoms with van der Waals surface area (Å²) >= 11 is 12.2. The molecule has 2 fully saturated rings. The zero-order valence-corrected chi connectivity index (χ0v) is 17.2. The van der Waals surface area contributed by atoms with E-state index in [1.807, 2.05) is 0 Å². The van der Waals surface area contributed by atoms with Crippen molar-refractivity contribution in [3.8, 4) is 0 Å². The lowest BCUT2D eigenvalue weighted by Gasteiger charge is -2.41. The molecule has 0 amide bonds. The molecule has 1 aromatic carbocycles. The van der Waals surface area contributed by atoms with Crippen molar-refractivity contribution in [2.45, 2.75) is 50.5 Å². The van der Waals surface area contributed by atoms with Gasteiger partial charge in [-0.2, -0.15) is 4.31 Å². The molecule has 3 rings (SSSR count). The summed E-state index contributed by atoms with van der Waals surface area (Å²) in [7, 11) is -3.58. The predicted octanol–water partition coefficient (Wildman–Crippen LogP) is 4.19. The van der Waals surface area contributed by atoms with Crippen molar-refractivity contribution in [2.24, 2.45) is 5.92 Å². The van der Waals surface area contributed by atoms with Gasteiger partial charge in [0.05, 0.1) is 5.02 Å². The summed E-state index contributed by atoms with van der Waals surface area (Å²) in [4.78, 5) is 2.74. The minimum Gasteiger partial charge on any atom is -0.300 e. The van der Waals surface area contributed by atoms with Gasteiger partial charge in [-0.25, -0.2) is 8.42 Å². The zero-order valence-electron chi connectivity index (χ0n) is 14.8. The second-order valence-electron chi connectivity index (χ2n) is 7.39. The van der Waals surface area contributed by atoms with E-state index in [0.717, 1.165) is 31.8 Å². The predicted molar refractivity (Wildman–Crippen MR) is 103 cm³/mol. The fourth-order valence-corrected chi connectivity index (χ4v) is 6.59. The number of rotatable bonds is 3. The normalized spacial score (nSPS) is 22.4. The number of hydrogen-bond donors (Lipinski definition) is 0. The molecule has 25 heavy (non-hydrogen) atoms. The number of aryl methyl sites for hydroxylation is 1. The molecule has 4 nitrogen and oxygen atoms in total. The molecule has 2 aliphatic rings. The fraction of sp³-hybridized carbons (Fsp3) is 0.667. The second-order valence-corrected chi connectivity index (χ2v) is 10.1. The standard InChI is InChI=1S/C18H26Cl2N2O2S/c1-13-3-7-21(8-4-13)16-5-9-22(10-6-16)25(23,24)18-14(2)11-15(19)12-17(18)20/h11-13,16H,3-10H2,1-2H3. The van der Waals surface area contributed by atoms with Crippen LogP contribution in [0.3, 0.4) is 0 Å². The van der Waals surface area contributed by atoms with Gasteiger partial charge in [-0.1, -0.05) is 30.1 Å². The van der Waals surface area contributed by atoms with Gasteiger partial charge in [-0.15, -0.1) is 0 Å². The van der Waals surface area contributed by atoms with E-state index in [-0.39, 0.29) is 9.92 Å². The summed E-state index contributed by atoms with van der Waals surface area (Å²) in [5, 5.41) is 0.664. The molecule has 0 N–H and O–H groups in total. The number of nitrogens with zero attached hydrogens (tertiary/aromatic N) is 2. The number of benzene rings is 1. The molecular weight excluding hydrogens is 379 g/mol. The molecule has 1 aromatic rings. The number of halogens is 2. The molecule has 0 aromatic heterocycles. The van der Waals surface area contributed by atoms with Gasteiger partial charge in [0.25, 0.3) is 0 Å². The maximum absolute atomic E-state index is 13.1. The van der Waals surface area contributed by atoms with Gasteiger partial charge in [-0.05, 0) is 69.3 Å². The van der Waals surface area contributed by atoms with Crippen molar-refractivity contribution in [2.75, 3.05) is 26.2 Å². The first-order chi connectivity index (χ1) is 11.8. The second kappa shape index (κ2) is 7.73. The van der Waals surface area contributed by atoms with Gasteiger partial charge < -0.3 is 4.90 Å². The largest absolute Gasteiger partial charge is 0.300 e. The summed E-state index contributed by atoms with van der Waals surface area (Å²) in [6, 6.07) is 3.66. The average molecular weight is 405 g/mol. The van der Waals surface area contributed by atoms with Crippen LogP contribution in [0.1, 0.15) is 38.2 Å². The van der Waals surface area contributed by atoms with Crippen molar-refractivity contribution in [1.29, 1.82) is 0 Å². The minimum absolute atomic E-state index is 0.198. The quantitative estimate of drug-likeness (QED) is 0.757. The van der Waals surface area contributed by atoms with Crippen LogP contribution in [0.2, 0.25) is 10.0 Å². The van der Waals surface area contributed by atoms with Crippen molar-refractivity contribution >= 4 is 33.2 Å². The molecule has 7 heteroatoms. The molecule has 0 radical (unpaired) electrons. The third-order valence-corrected chi connectivity index (χ3v) is 8.28. The third kappa shape index (κ3) is 4.16. The van der Waals surface area contributed by atoms with Crippen LogP contribution >= 0.6 is 23.2 Å². The summed E-state index contributed by atoms with van der Waals surface area (Å²) in [5.74, 6) is 0.812. The van der Waals surface area contributed by atoms with E-state index in [1.165, 1.54) is 18.9 Å². The highest BCUT2D eigenvalue weighted by Gasteiger charge is 2.34. The lowest BCUT2D eigenvalue weighted by Crippen LogP contribution is -2.48. The molecule has 0 aliphatic carbocycles. The number of likely N-dealkylation sites (tertiary alicyclic amines) is 1. The SMILES string of the molecule is Cc1cc(Cl)cc(Cl)c1S(=O)(=O)N1CCC(N2CCC(C)CC2)CC1. The Balaban J connectivity index is 1.70. The highest BCUT2D eigenvalue weighted by Crippen LogP contribution is 2.33. The molecule has 0 atom stereocenters. The Labute approximate surface area is 161 Å². The van der Waals surface area contributed by atoms with Crippen molar-refractivity contribution in [3.63, 3.8) is 0 Å². The molecule has 0 spiro atoms. The highest BCUT2D eigenvalue weighted by molar-refractivity contribution is 7.89. The Morgan fingerprint density at radius 1 is 1.00 bits per heavy atom. The highest BCUT2D eigenvalue weighted by atomic mass is 35.5. The molecule has 2 saturated heterocycles. The Bertz CT molecular complexity index is 700. The fourth-order valence-electron chi connectivity index (χ4n) is 3.99. The first-order valence-corrected chi connectivity index (χ1v) is 11.2. The molecule has 140 valence electrons. The lowest BCUT2D eigenvalue weighted by molar-refractivity contribution is 0.101. The van der Waals surface area contributed by atoms with Gasteiger partial charge in [-0.3, -0.25) is 0 Å². The van der Waals surface area contributed by atoms with Crippen molar-refractivity contribution in [1.82, 2.24) is 9.21 Å². The number of hydrogen-bond acceptors (Lipinski definition) is 3. The molecule has 2 heterocycles. The Morgan fingerprint density at radius 3 is 2.16 bits per heavy atom. The van der Waals surface area contributed by atoms with E-state index in [1.54, 1.807) is 17.3 Å². The number of sulfonamides is 1. The third-order valence-electron chi connectivity index (χ3n) is 5.55. The van der Waals surface area contributed by atoms with Gasteiger partial charge >= 0.3 is 0 Å². The zero-order chi connectivity index (χ0) is 18.2. The van der Waals surface area contributed by atoms with Crippen LogP contribution in [-0.2, 0) is 10.0 Å². The maximum Gasteiger partial charge on any atom is 0.244 e. The summed E-state index contributed by atoms with van der Waals surface area (Å²) < 4.78 is 27.7.